The molecule has 0 radical (unpaired) electrons. The van der Waals surface area contributed by atoms with E-state index in [0.29, 0.717) is 0 Å². The molecule has 1 aromatic rings. The summed E-state index contributed by atoms with van der Waals surface area (Å²) in [6.45, 7) is 4.99. The second kappa shape index (κ2) is 7.39. The summed E-state index contributed by atoms with van der Waals surface area (Å²) in [5.41, 5.74) is -1.09. The summed E-state index contributed by atoms with van der Waals surface area (Å²) in [4.78, 5) is 34.0. The van der Waals surface area contributed by atoms with Gasteiger partial charge in [-0.2, -0.15) is 0 Å². The van der Waals surface area contributed by atoms with Crippen molar-refractivity contribution in [3.63, 3.8) is 0 Å². The molecule has 0 heterocycles. The standard InChI is InChI=1S/C15H18N2O6/c1-15(2,3)23-14(19)16-11(13(18)22-4)9-10-7-5-6-8-12(10)17(20)21/h5-9H,1-4H3,(H,16,19)/b11-9+. The van der Waals surface area contributed by atoms with Crippen molar-refractivity contribution in [1.29, 1.82) is 0 Å². The number of hydrogen-bond donors (Lipinski definition) is 1. The summed E-state index contributed by atoms with van der Waals surface area (Å²) in [5.74, 6) is -0.853. The zero-order chi connectivity index (χ0) is 17.6. The van der Waals surface area contributed by atoms with Crippen molar-refractivity contribution in [2.45, 2.75) is 26.4 Å². The minimum Gasteiger partial charge on any atom is -0.464 e. The number of benzene rings is 1. The lowest BCUT2D eigenvalue weighted by Gasteiger charge is -2.20. The molecular weight excluding hydrogens is 304 g/mol. The van der Waals surface area contributed by atoms with Gasteiger partial charge in [-0.15, -0.1) is 0 Å². The van der Waals surface area contributed by atoms with E-state index in [1.165, 1.54) is 18.2 Å². The molecule has 124 valence electrons. The third kappa shape index (κ3) is 5.77. The first-order valence-corrected chi connectivity index (χ1v) is 6.67. The summed E-state index contributed by atoms with van der Waals surface area (Å²) < 4.78 is 9.61. The van der Waals surface area contributed by atoms with E-state index in [4.69, 9.17) is 4.74 Å². The average molecular weight is 322 g/mol. The zero-order valence-corrected chi connectivity index (χ0v) is 13.3. The molecule has 0 atom stereocenters. The molecule has 0 aliphatic rings. The molecule has 0 unspecified atom stereocenters. The van der Waals surface area contributed by atoms with E-state index in [1.807, 2.05) is 0 Å². The van der Waals surface area contributed by atoms with E-state index in [1.54, 1.807) is 26.8 Å². The Hall–Kier alpha value is -2.90. The first kappa shape index (κ1) is 18.1. The van der Waals surface area contributed by atoms with Crippen LogP contribution in [0.2, 0.25) is 0 Å². The van der Waals surface area contributed by atoms with E-state index >= 15 is 0 Å². The first-order valence-electron chi connectivity index (χ1n) is 6.67. The monoisotopic (exact) mass is 322 g/mol. The predicted octanol–water partition coefficient (Wildman–Crippen LogP) is 2.63. The van der Waals surface area contributed by atoms with Crippen LogP contribution in [0, 0.1) is 10.1 Å². The first-order chi connectivity index (χ1) is 10.6. The summed E-state index contributed by atoms with van der Waals surface area (Å²) in [6, 6.07) is 5.79. The van der Waals surface area contributed by atoms with E-state index in [9.17, 15) is 19.7 Å². The van der Waals surface area contributed by atoms with Gasteiger partial charge >= 0.3 is 12.1 Å². The van der Waals surface area contributed by atoms with Crippen LogP contribution in [-0.4, -0.2) is 29.7 Å². The molecule has 0 saturated carbocycles. The fraction of sp³-hybridized carbons (Fsp3) is 0.333. The highest BCUT2D eigenvalue weighted by atomic mass is 16.6. The highest BCUT2D eigenvalue weighted by Gasteiger charge is 2.21. The van der Waals surface area contributed by atoms with Crippen LogP contribution in [0.3, 0.4) is 0 Å². The van der Waals surface area contributed by atoms with Crippen LogP contribution in [0.4, 0.5) is 10.5 Å². The number of nitro groups is 1. The number of amides is 1. The molecule has 0 aliphatic heterocycles. The molecule has 23 heavy (non-hydrogen) atoms. The lowest BCUT2D eigenvalue weighted by atomic mass is 10.1. The van der Waals surface area contributed by atoms with Crippen LogP contribution < -0.4 is 5.32 Å². The van der Waals surface area contributed by atoms with E-state index in [-0.39, 0.29) is 16.9 Å². The van der Waals surface area contributed by atoms with Crippen LogP contribution in [-0.2, 0) is 14.3 Å². The summed E-state index contributed by atoms with van der Waals surface area (Å²) in [6.07, 6.45) is 0.293. The fourth-order valence-electron chi connectivity index (χ4n) is 1.60. The predicted molar refractivity (Wildman–Crippen MR) is 82.5 cm³/mol. The molecule has 1 amide bonds. The Morgan fingerprint density at radius 2 is 1.87 bits per heavy atom. The molecule has 0 fully saturated rings. The van der Waals surface area contributed by atoms with Crippen molar-refractivity contribution < 1.29 is 24.0 Å². The van der Waals surface area contributed by atoms with Crippen LogP contribution >= 0.6 is 0 Å². The maximum atomic E-state index is 11.8. The van der Waals surface area contributed by atoms with Crippen LogP contribution in [0.5, 0.6) is 0 Å². The van der Waals surface area contributed by atoms with E-state index < -0.39 is 22.6 Å². The second-order valence-electron chi connectivity index (χ2n) is 5.49. The van der Waals surface area contributed by atoms with Crippen LogP contribution in [0.15, 0.2) is 30.0 Å². The molecule has 0 aromatic heterocycles. The van der Waals surface area contributed by atoms with Crippen molar-refractivity contribution in [2.24, 2.45) is 0 Å². The Kier molecular flexibility index (Phi) is 5.83. The van der Waals surface area contributed by atoms with Crippen molar-refractivity contribution in [3.05, 3.63) is 45.6 Å². The minimum absolute atomic E-state index is 0.147. The van der Waals surface area contributed by atoms with E-state index in [0.717, 1.165) is 13.2 Å². The van der Waals surface area contributed by atoms with Gasteiger partial charge in [0.2, 0.25) is 0 Å². The molecule has 8 heteroatoms. The topological polar surface area (TPSA) is 108 Å². The Labute approximate surface area is 133 Å². The Morgan fingerprint density at radius 3 is 2.39 bits per heavy atom. The molecular formula is C15H18N2O6. The van der Waals surface area contributed by atoms with Crippen LogP contribution in [0.25, 0.3) is 6.08 Å². The van der Waals surface area contributed by atoms with Gasteiger partial charge < -0.3 is 9.47 Å². The van der Waals surface area contributed by atoms with Gasteiger partial charge in [-0.25, -0.2) is 9.59 Å². The van der Waals surface area contributed by atoms with Gasteiger partial charge in [-0.1, -0.05) is 12.1 Å². The number of nitro benzene ring substituents is 1. The molecule has 8 nitrogen and oxygen atoms in total. The maximum absolute atomic E-state index is 11.8. The highest BCUT2D eigenvalue weighted by Crippen LogP contribution is 2.20. The lowest BCUT2D eigenvalue weighted by Crippen LogP contribution is -2.34. The Bertz CT molecular complexity index is 646. The molecule has 0 saturated heterocycles. The normalized spacial score (nSPS) is 11.6. The van der Waals surface area contributed by atoms with Crippen molar-refractivity contribution in [1.82, 2.24) is 5.32 Å². The third-order valence-electron chi connectivity index (χ3n) is 2.47. The van der Waals surface area contributed by atoms with Gasteiger partial charge in [0.25, 0.3) is 5.69 Å². The zero-order valence-electron chi connectivity index (χ0n) is 13.3. The summed E-state index contributed by atoms with van der Waals surface area (Å²) in [7, 11) is 1.13. The summed E-state index contributed by atoms with van der Waals surface area (Å²) >= 11 is 0. The molecule has 1 rings (SSSR count). The van der Waals surface area contributed by atoms with Gasteiger partial charge in [-0.3, -0.25) is 15.4 Å². The maximum Gasteiger partial charge on any atom is 0.412 e. The van der Waals surface area contributed by atoms with Gasteiger partial charge in [0, 0.05) is 6.07 Å². The second-order valence-corrected chi connectivity index (χ2v) is 5.49. The molecule has 0 aliphatic carbocycles. The molecule has 0 spiro atoms. The number of ether oxygens (including phenoxy) is 2. The highest BCUT2D eigenvalue weighted by molar-refractivity contribution is 5.97. The SMILES string of the molecule is COC(=O)/C(=C\c1ccccc1[N+](=O)[O-])NC(=O)OC(C)(C)C. The van der Waals surface area contributed by atoms with Gasteiger partial charge in [0.15, 0.2) is 0 Å². The van der Waals surface area contributed by atoms with E-state index in [2.05, 4.69) is 10.1 Å². The van der Waals surface area contributed by atoms with Gasteiger partial charge in [0.05, 0.1) is 17.6 Å². The third-order valence-corrected chi connectivity index (χ3v) is 2.47. The van der Waals surface area contributed by atoms with Crippen molar-refractivity contribution in [3.8, 4) is 0 Å². The number of nitrogens with zero attached hydrogens (tertiary/aromatic N) is 1. The van der Waals surface area contributed by atoms with Gasteiger partial charge in [0.1, 0.15) is 11.3 Å². The number of carbonyl (C=O) groups excluding carboxylic acids is 2. The number of methoxy groups -OCH3 is 1. The lowest BCUT2D eigenvalue weighted by molar-refractivity contribution is -0.385. The number of hydrogen-bond acceptors (Lipinski definition) is 6. The van der Waals surface area contributed by atoms with Gasteiger partial charge in [-0.05, 0) is 32.9 Å². The van der Waals surface area contributed by atoms with Crippen molar-refractivity contribution in [2.75, 3.05) is 7.11 Å². The molecule has 1 aromatic carbocycles. The number of alkyl carbamates (subject to hydrolysis) is 1. The smallest absolute Gasteiger partial charge is 0.412 e. The number of nitrogens with one attached hydrogen (secondary N) is 1. The number of para-hydroxylation sites is 1. The van der Waals surface area contributed by atoms with Crippen molar-refractivity contribution >= 4 is 23.8 Å². The number of rotatable bonds is 4. The largest absolute Gasteiger partial charge is 0.464 e. The minimum atomic E-state index is -0.868. The van der Waals surface area contributed by atoms with Crippen LogP contribution in [0.1, 0.15) is 26.3 Å². The average Bonchev–Trinajstić information content (AvgIpc) is 2.44. The number of esters is 1. The molecule has 1 N–H and O–H groups in total. The quantitative estimate of drug-likeness (QED) is 0.395. The Balaban J connectivity index is 3.15. The summed E-state index contributed by atoms with van der Waals surface area (Å²) in [5, 5.41) is 13.2. The molecule has 0 bridgehead atoms. The fourth-order valence-corrected chi connectivity index (χ4v) is 1.60. The Morgan fingerprint density at radius 1 is 1.26 bits per heavy atom. The number of carbonyl (C=O) groups is 2.